The molecule has 1 aromatic heterocycles. The second-order valence-electron chi connectivity index (χ2n) is 18.9. The van der Waals surface area contributed by atoms with Gasteiger partial charge in [-0.25, -0.2) is 11.6 Å². The zero-order chi connectivity index (χ0) is 55.3. The van der Waals surface area contributed by atoms with Gasteiger partial charge in [0.2, 0.25) is 23.3 Å². The van der Waals surface area contributed by atoms with Gasteiger partial charge in [0, 0.05) is 51.7 Å². The van der Waals surface area contributed by atoms with Gasteiger partial charge < -0.3 is 74.4 Å². The summed E-state index contributed by atoms with van der Waals surface area (Å²) in [4.78, 5) is 61.9. The van der Waals surface area contributed by atoms with Crippen LogP contribution in [0.25, 0.3) is 4.85 Å². The van der Waals surface area contributed by atoms with Crippen molar-refractivity contribution in [1.29, 1.82) is 0 Å². The molecule has 1 saturated heterocycles. The molecule has 3 unspecified atom stereocenters. The second-order valence-corrected chi connectivity index (χ2v) is 23.6. The summed E-state index contributed by atoms with van der Waals surface area (Å²) in [6, 6.07) is 13.9. The van der Waals surface area contributed by atoms with Crippen molar-refractivity contribution in [3.63, 3.8) is 0 Å². The Morgan fingerprint density at radius 1 is 0.800 bits per heavy atom. The molecule has 1 aliphatic rings. The highest BCUT2D eigenvalue weighted by molar-refractivity contribution is 8.76. The molecule has 0 aliphatic carbocycles. The van der Waals surface area contributed by atoms with Gasteiger partial charge in [0.1, 0.15) is 36.0 Å². The number of benzene rings is 1. The van der Waals surface area contributed by atoms with Crippen molar-refractivity contribution in [3.8, 4) is 0 Å². The maximum atomic E-state index is 14.7. The summed E-state index contributed by atoms with van der Waals surface area (Å²) in [7, 11) is 3.27. The highest BCUT2D eigenvalue weighted by Gasteiger charge is 2.56. The zero-order valence-electron chi connectivity index (χ0n) is 43.8. The average Bonchev–Trinajstić information content (AvgIpc) is 3.38. The van der Waals surface area contributed by atoms with Gasteiger partial charge >= 0.3 is 5.97 Å². The van der Waals surface area contributed by atoms with Gasteiger partial charge in [-0.05, 0) is 54.2 Å². The number of carbonyl (C=O) groups excluding carboxylic acids is 4. The number of hydrogen-bond donors (Lipinski definition) is 7. The molecule has 420 valence electrons. The number of nitrogens with one attached hydrogen (secondary N) is 3. The fourth-order valence-corrected chi connectivity index (χ4v) is 11.8. The van der Waals surface area contributed by atoms with Gasteiger partial charge in [-0.15, -0.1) is 0 Å². The number of esters is 1. The third-order valence-corrected chi connectivity index (χ3v) is 16.4. The molecule has 1 fully saturated rings. The first kappa shape index (κ1) is 65.8. The highest BCUT2D eigenvalue weighted by atomic mass is 33.1. The highest BCUT2D eigenvalue weighted by Crippen LogP contribution is 2.53. The first-order chi connectivity index (χ1) is 35.7. The van der Waals surface area contributed by atoms with E-state index in [4.69, 9.17) is 51.9 Å². The molecule has 20 nitrogen and oxygen atoms in total. The molecular formula is C51H77N5O15S4. The Morgan fingerprint density at radius 3 is 2.05 bits per heavy atom. The molecule has 75 heavy (non-hydrogen) atoms. The van der Waals surface area contributed by atoms with Crippen LogP contribution in [0.3, 0.4) is 0 Å². The second kappa shape index (κ2) is 34.4. The maximum absolute atomic E-state index is 14.7. The number of aliphatic hydroxyl groups excluding tert-OH is 4. The standard InChI is InChI=1S/C51H77N5O15S4/c1-36(59)56-41-43(62)42(61)38(33-58)71-44(41)70-30-28-65-22-20-55-46(63)50(5,48(2,3)34-51(6,47(64)54-19-21-57)74-45(72)37-13-9-8-10-14-37)35-49(4,52-7)17-16-40(60)69-29-27-67-24-23-66-25-26-68-31-32-73-75-39-15-11-12-18-53-39/h8-15,18,38,41-44,57-58,61-62H,16-17,19-35H2,1-6H3,(H,54,64)(H,55,63)(H,56,59)/t38-,41-,42+,43-,44-,49?,50?,51?/m1/s1. The summed E-state index contributed by atoms with van der Waals surface area (Å²) in [6.45, 7) is 19.7. The third kappa shape index (κ3) is 22.8. The largest absolute Gasteiger partial charge is 0.463 e. The van der Waals surface area contributed by atoms with E-state index in [0.717, 1.165) is 16.3 Å². The Bertz CT molecular complexity index is 2080. The summed E-state index contributed by atoms with van der Waals surface area (Å²) in [5.41, 5.74) is -2.96. The van der Waals surface area contributed by atoms with Crippen LogP contribution in [0.1, 0.15) is 72.8 Å². The van der Waals surface area contributed by atoms with Crippen LogP contribution in [0.2, 0.25) is 0 Å². The van der Waals surface area contributed by atoms with Crippen molar-refractivity contribution >= 4 is 73.5 Å². The lowest BCUT2D eigenvalue weighted by Gasteiger charge is -2.48. The SMILES string of the molecule is [C-]#[N+]C(C)(CCC(=O)OCCOCCOCCOCCSSc1ccccn1)CC(C)(C(=O)NCCOCCO[C@@H]1O[C@H](CO)[C@H](O)[C@H](O)[C@H]1NC(C)=O)C(C)(C)CC(C)(SC(=S)c1ccccc1)C(=O)NCCO. The minimum absolute atomic E-state index is 0.00493. The fourth-order valence-electron chi connectivity index (χ4n) is 8.13. The summed E-state index contributed by atoms with van der Waals surface area (Å²) < 4.78 is 38.4. The normalized spacial score (nSPS) is 20.1. The number of hydrogen-bond acceptors (Lipinski definition) is 20. The molecule has 24 heteroatoms. The molecule has 7 N–H and O–H groups in total. The Hall–Kier alpha value is -3.52. The lowest BCUT2D eigenvalue weighted by Crippen LogP contribution is -2.64. The van der Waals surface area contributed by atoms with Crippen LogP contribution in [0.15, 0.2) is 59.8 Å². The minimum atomic E-state index is -1.48. The molecule has 1 aromatic carbocycles. The van der Waals surface area contributed by atoms with Crippen LogP contribution in [0.5, 0.6) is 0 Å². The monoisotopic (exact) mass is 1130 g/mol. The number of ether oxygens (including phenoxy) is 7. The summed E-state index contributed by atoms with van der Waals surface area (Å²) >= 11 is 7.02. The van der Waals surface area contributed by atoms with Gasteiger partial charge in [0.05, 0.1) is 93.5 Å². The lowest BCUT2D eigenvalue weighted by atomic mass is 9.57. The average molecular weight is 1130 g/mol. The summed E-state index contributed by atoms with van der Waals surface area (Å²) in [6.07, 6.45) is -3.56. The summed E-state index contributed by atoms with van der Waals surface area (Å²) in [5.74, 6) is -1.06. The smallest absolute Gasteiger partial charge is 0.306 e. The first-order valence-corrected chi connectivity index (χ1v) is 28.3. The molecule has 2 heterocycles. The van der Waals surface area contributed by atoms with E-state index in [-0.39, 0.29) is 78.4 Å². The van der Waals surface area contributed by atoms with Gasteiger partial charge in [-0.1, -0.05) is 85.0 Å². The number of aromatic nitrogens is 1. The van der Waals surface area contributed by atoms with Gasteiger partial charge in [-0.2, -0.15) is 0 Å². The number of thioether (sulfide) groups is 1. The topological polar surface area (TPSA) is 267 Å². The molecule has 0 bridgehead atoms. The fraction of sp³-hybridized carbons (Fsp3) is 0.667. The van der Waals surface area contributed by atoms with E-state index < -0.39 is 82.1 Å². The lowest BCUT2D eigenvalue weighted by molar-refractivity contribution is -0.272. The van der Waals surface area contributed by atoms with E-state index in [0.29, 0.717) is 37.2 Å². The number of amides is 3. The molecular weight excluding hydrogens is 1050 g/mol. The van der Waals surface area contributed by atoms with E-state index in [1.54, 1.807) is 48.6 Å². The summed E-state index contributed by atoms with van der Waals surface area (Å²) in [5, 5.41) is 49.3. The van der Waals surface area contributed by atoms with Crippen molar-refractivity contribution in [2.45, 2.75) is 113 Å². The van der Waals surface area contributed by atoms with Crippen molar-refractivity contribution < 1.29 is 72.8 Å². The van der Waals surface area contributed by atoms with E-state index in [1.165, 1.54) is 18.7 Å². The molecule has 0 radical (unpaired) electrons. The van der Waals surface area contributed by atoms with Crippen LogP contribution >= 0.6 is 45.6 Å². The molecule has 2 aromatic rings. The molecule has 1 aliphatic heterocycles. The van der Waals surface area contributed by atoms with Crippen LogP contribution in [-0.2, 0) is 52.3 Å². The van der Waals surface area contributed by atoms with E-state index in [1.807, 2.05) is 62.4 Å². The van der Waals surface area contributed by atoms with Gasteiger partial charge in [0.25, 0.3) is 0 Å². The molecule has 0 spiro atoms. The van der Waals surface area contributed by atoms with Crippen LogP contribution < -0.4 is 16.0 Å². The number of pyridine rings is 1. The number of aliphatic hydroxyl groups is 4. The first-order valence-electron chi connectivity index (χ1n) is 24.8. The number of carbonyl (C=O) groups is 4. The van der Waals surface area contributed by atoms with Crippen molar-refractivity contribution in [2.24, 2.45) is 10.8 Å². The number of nitrogens with zero attached hydrogens (tertiary/aromatic N) is 2. The van der Waals surface area contributed by atoms with E-state index in [9.17, 15) is 39.6 Å². The maximum Gasteiger partial charge on any atom is 0.306 e. The van der Waals surface area contributed by atoms with Crippen LogP contribution in [-0.4, -0.2) is 192 Å². The Kier molecular flexibility index (Phi) is 30.1. The van der Waals surface area contributed by atoms with Gasteiger partial charge in [0.15, 0.2) is 6.29 Å². The van der Waals surface area contributed by atoms with Crippen LogP contribution in [0.4, 0.5) is 0 Å². The molecule has 3 amide bonds. The molecule has 0 saturated carbocycles. The Labute approximate surface area is 458 Å². The van der Waals surface area contributed by atoms with E-state index >= 15 is 0 Å². The predicted molar refractivity (Wildman–Crippen MR) is 291 cm³/mol. The minimum Gasteiger partial charge on any atom is -0.463 e. The Balaban J connectivity index is 1.61. The number of rotatable bonds is 37. The molecule has 3 rings (SSSR count). The van der Waals surface area contributed by atoms with Crippen molar-refractivity contribution in [2.75, 3.05) is 98.1 Å². The van der Waals surface area contributed by atoms with Crippen molar-refractivity contribution in [1.82, 2.24) is 20.9 Å². The van der Waals surface area contributed by atoms with E-state index in [2.05, 4.69) is 25.8 Å². The van der Waals surface area contributed by atoms with Crippen molar-refractivity contribution in [3.05, 3.63) is 71.7 Å². The molecule has 8 atom stereocenters. The van der Waals surface area contributed by atoms with Crippen LogP contribution in [0, 0.1) is 17.4 Å². The number of thiocarbonyl (C=S) groups is 1. The predicted octanol–water partition coefficient (Wildman–Crippen LogP) is 3.75. The van der Waals surface area contributed by atoms with Gasteiger partial charge in [-0.3, -0.25) is 19.2 Å². The Morgan fingerprint density at radius 2 is 1.43 bits per heavy atom. The quantitative estimate of drug-likeness (QED) is 0.0167. The third-order valence-electron chi connectivity index (χ3n) is 12.5. The zero-order valence-corrected chi connectivity index (χ0v) is 47.1.